The molecule has 1 fully saturated rings. The summed E-state index contributed by atoms with van der Waals surface area (Å²) in [5.74, 6) is -0.718. The average molecular weight is 245 g/mol. The van der Waals surface area contributed by atoms with Gasteiger partial charge in [-0.2, -0.15) is 0 Å². The first-order valence-corrected chi connectivity index (χ1v) is 6.77. The van der Waals surface area contributed by atoms with E-state index in [1.807, 2.05) is 0 Å². The molecule has 0 radical (unpaired) electrons. The molecule has 2 aliphatic rings. The van der Waals surface area contributed by atoms with Gasteiger partial charge >= 0.3 is 5.97 Å². The van der Waals surface area contributed by atoms with Crippen molar-refractivity contribution in [1.82, 2.24) is 4.90 Å². The fourth-order valence-electron chi connectivity index (χ4n) is 3.31. The van der Waals surface area contributed by atoms with Crippen molar-refractivity contribution in [3.8, 4) is 0 Å². The van der Waals surface area contributed by atoms with E-state index >= 15 is 0 Å². The lowest BCUT2D eigenvalue weighted by Crippen LogP contribution is -2.35. The Kier molecular flexibility index (Phi) is 3.08. The summed E-state index contributed by atoms with van der Waals surface area (Å²) in [6.45, 7) is 2.08. The average Bonchev–Trinajstić information content (AvgIpc) is 2.82. The highest BCUT2D eigenvalue weighted by Gasteiger charge is 2.31. The number of carbonyl (C=O) groups is 1. The Morgan fingerprint density at radius 2 is 1.61 bits per heavy atom. The monoisotopic (exact) mass is 245 g/mol. The summed E-state index contributed by atoms with van der Waals surface area (Å²) < 4.78 is 0. The van der Waals surface area contributed by atoms with Gasteiger partial charge in [0.05, 0.1) is 5.92 Å². The summed E-state index contributed by atoms with van der Waals surface area (Å²) in [5, 5.41) is 9.02. The van der Waals surface area contributed by atoms with Crippen molar-refractivity contribution in [1.29, 1.82) is 0 Å². The van der Waals surface area contributed by atoms with Crippen LogP contribution in [0.15, 0.2) is 24.3 Å². The Morgan fingerprint density at radius 3 is 2.11 bits per heavy atom. The molecule has 1 heterocycles. The van der Waals surface area contributed by atoms with E-state index in [-0.39, 0.29) is 5.92 Å². The van der Waals surface area contributed by atoms with Crippen LogP contribution >= 0.6 is 0 Å². The van der Waals surface area contributed by atoms with Gasteiger partial charge in [-0.3, -0.25) is 9.69 Å². The van der Waals surface area contributed by atoms with Crippen LogP contribution in [0.1, 0.15) is 36.8 Å². The molecule has 0 saturated heterocycles. The lowest BCUT2D eigenvalue weighted by atomic mass is 9.85. The predicted octanol–water partition coefficient (Wildman–Crippen LogP) is 2.65. The van der Waals surface area contributed by atoms with Crippen LogP contribution in [0.25, 0.3) is 0 Å². The molecular formula is C15H19NO2. The minimum Gasteiger partial charge on any atom is -0.481 e. The van der Waals surface area contributed by atoms with E-state index in [1.54, 1.807) is 0 Å². The minimum atomic E-state index is -0.613. The van der Waals surface area contributed by atoms with Gasteiger partial charge < -0.3 is 5.11 Å². The van der Waals surface area contributed by atoms with Crippen LogP contribution in [0.5, 0.6) is 0 Å². The maximum Gasteiger partial charge on any atom is 0.306 e. The summed E-state index contributed by atoms with van der Waals surface area (Å²) in [4.78, 5) is 13.5. The smallest absolute Gasteiger partial charge is 0.306 e. The highest BCUT2D eigenvalue weighted by atomic mass is 16.4. The summed E-state index contributed by atoms with van der Waals surface area (Å²) in [5.41, 5.74) is 2.88. The van der Waals surface area contributed by atoms with E-state index in [4.69, 9.17) is 5.11 Å². The topological polar surface area (TPSA) is 40.5 Å². The summed E-state index contributed by atoms with van der Waals surface area (Å²) in [6.07, 6.45) is 3.75. The van der Waals surface area contributed by atoms with Gasteiger partial charge in [0.15, 0.2) is 0 Å². The molecule has 1 N–H and O–H groups in total. The zero-order valence-corrected chi connectivity index (χ0v) is 10.5. The number of hydrogen-bond acceptors (Lipinski definition) is 2. The van der Waals surface area contributed by atoms with Crippen LogP contribution < -0.4 is 0 Å². The van der Waals surface area contributed by atoms with Gasteiger partial charge in [-0.15, -0.1) is 0 Å². The molecule has 1 aromatic carbocycles. The molecule has 3 nitrogen and oxygen atoms in total. The molecule has 0 unspecified atom stereocenters. The zero-order chi connectivity index (χ0) is 12.5. The summed E-state index contributed by atoms with van der Waals surface area (Å²) in [7, 11) is 0. The molecular weight excluding hydrogens is 226 g/mol. The van der Waals surface area contributed by atoms with Gasteiger partial charge in [-0.05, 0) is 36.8 Å². The molecule has 0 atom stereocenters. The van der Waals surface area contributed by atoms with Crippen molar-refractivity contribution in [2.45, 2.75) is 44.8 Å². The first-order chi connectivity index (χ1) is 8.74. The minimum absolute atomic E-state index is 0.105. The van der Waals surface area contributed by atoms with Crippen LogP contribution in [0, 0.1) is 5.92 Å². The third-order valence-corrected chi connectivity index (χ3v) is 4.43. The second-order valence-electron chi connectivity index (χ2n) is 5.52. The fraction of sp³-hybridized carbons (Fsp3) is 0.533. The molecule has 0 amide bonds. The molecule has 0 bridgehead atoms. The number of nitrogens with zero attached hydrogens (tertiary/aromatic N) is 1. The standard InChI is InChI=1S/C15H19NO2/c17-15(18)11-5-7-14(8-6-11)16-9-12-3-1-2-4-13(12)10-16/h1-4,11,14H,5-10H2,(H,17,18). The van der Waals surface area contributed by atoms with Crippen LogP contribution in [0.3, 0.4) is 0 Å². The van der Waals surface area contributed by atoms with Gasteiger partial charge in [0, 0.05) is 19.1 Å². The first kappa shape index (κ1) is 11.7. The van der Waals surface area contributed by atoms with Gasteiger partial charge in [-0.25, -0.2) is 0 Å². The van der Waals surface area contributed by atoms with Gasteiger partial charge in [0.1, 0.15) is 0 Å². The SMILES string of the molecule is O=C(O)C1CCC(N2Cc3ccccc3C2)CC1. The lowest BCUT2D eigenvalue weighted by molar-refractivity contribution is -0.143. The van der Waals surface area contributed by atoms with E-state index in [0.29, 0.717) is 6.04 Å². The maximum atomic E-state index is 10.9. The number of fused-ring (bicyclic) bond motifs is 1. The number of hydrogen-bond donors (Lipinski definition) is 1. The molecule has 3 rings (SSSR count). The third-order valence-electron chi connectivity index (χ3n) is 4.43. The molecule has 1 aliphatic carbocycles. The van der Waals surface area contributed by atoms with E-state index in [0.717, 1.165) is 38.8 Å². The highest BCUT2D eigenvalue weighted by Crippen LogP contribution is 2.32. The third kappa shape index (κ3) is 2.15. The number of carboxylic acid groups (broad SMARTS) is 1. The van der Waals surface area contributed by atoms with Crippen LogP contribution in [0.4, 0.5) is 0 Å². The number of carboxylic acids is 1. The van der Waals surface area contributed by atoms with Gasteiger partial charge in [0.2, 0.25) is 0 Å². The molecule has 0 spiro atoms. The van der Waals surface area contributed by atoms with Crippen molar-refractivity contribution in [3.63, 3.8) is 0 Å². The predicted molar refractivity (Wildman–Crippen MR) is 69.1 cm³/mol. The number of aliphatic carboxylic acids is 1. The lowest BCUT2D eigenvalue weighted by Gasteiger charge is -2.33. The van der Waals surface area contributed by atoms with Crippen LogP contribution in [-0.2, 0) is 17.9 Å². The molecule has 96 valence electrons. The number of rotatable bonds is 2. The summed E-state index contributed by atoms with van der Waals surface area (Å²) in [6, 6.07) is 9.19. The van der Waals surface area contributed by atoms with Gasteiger partial charge in [0.25, 0.3) is 0 Å². The van der Waals surface area contributed by atoms with Crippen molar-refractivity contribution in [2.24, 2.45) is 5.92 Å². The fourth-order valence-corrected chi connectivity index (χ4v) is 3.31. The normalized spacial score (nSPS) is 28.0. The van der Waals surface area contributed by atoms with Crippen molar-refractivity contribution in [3.05, 3.63) is 35.4 Å². The largest absolute Gasteiger partial charge is 0.481 e. The van der Waals surface area contributed by atoms with Crippen LogP contribution in [0.2, 0.25) is 0 Å². The van der Waals surface area contributed by atoms with E-state index in [2.05, 4.69) is 29.2 Å². The van der Waals surface area contributed by atoms with Crippen molar-refractivity contribution in [2.75, 3.05) is 0 Å². The first-order valence-electron chi connectivity index (χ1n) is 6.77. The Hall–Kier alpha value is -1.35. The Morgan fingerprint density at radius 1 is 1.06 bits per heavy atom. The second-order valence-corrected chi connectivity index (χ2v) is 5.52. The Labute approximate surface area is 107 Å². The highest BCUT2D eigenvalue weighted by molar-refractivity contribution is 5.70. The summed E-state index contributed by atoms with van der Waals surface area (Å²) >= 11 is 0. The molecule has 3 heteroatoms. The Balaban J connectivity index is 1.61. The van der Waals surface area contributed by atoms with E-state index in [9.17, 15) is 4.79 Å². The maximum absolute atomic E-state index is 10.9. The molecule has 1 aromatic rings. The van der Waals surface area contributed by atoms with Gasteiger partial charge in [-0.1, -0.05) is 24.3 Å². The van der Waals surface area contributed by atoms with Crippen molar-refractivity contribution >= 4 is 5.97 Å². The second kappa shape index (κ2) is 4.73. The van der Waals surface area contributed by atoms with E-state index < -0.39 is 5.97 Å². The Bertz CT molecular complexity index is 425. The van der Waals surface area contributed by atoms with E-state index in [1.165, 1.54) is 11.1 Å². The quantitative estimate of drug-likeness (QED) is 0.870. The van der Waals surface area contributed by atoms with Crippen molar-refractivity contribution < 1.29 is 9.90 Å². The molecule has 0 aromatic heterocycles. The molecule has 18 heavy (non-hydrogen) atoms. The zero-order valence-electron chi connectivity index (χ0n) is 10.5. The molecule has 1 saturated carbocycles. The molecule has 1 aliphatic heterocycles. The van der Waals surface area contributed by atoms with Crippen LogP contribution in [-0.4, -0.2) is 22.0 Å². The number of benzene rings is 1.